The van der Waals surface area contributed by atoms with Crippen molar-refractivity contribution in [2.75, 3.05) is 13.2 Å². The van der Waals surface area contributed by atoms with Gasteiger partial charge in [-0.2, -0.15) is 0 Å². The molecule has 0 N–H and O–H groups in total. The number of hydrogen-bond donors (Lipinski definition) is 0. The third kappa shape index (κ3) is 47.2. The van der Waals surface area contributed by atoms with E-state index in [0.717, 1.165) is 64.2 Å². The largest absolute Gasteiger partial charge is 0.462 e. The molecule has 354 valence electrons. The van der Waals surface area contributed by atoms with Crippen LogP contribution in [0.5, 0.6) is 0 Å². The molecular formula is C54H102O6. The van der Waals surface area contributed by atoms with Crippen molar-refractivity contribution < 1.29 is 28.6 Å². The van der Waals surface area contributed by atoms with Gasteiger partial charge in [0.25, 0.3) is 0 Å². The Morgan fingerprint density at radius 1 is 0.317 bits per heavy atom. The van der Waals surface area contributed by atoms with E-state index >= 15 is 0 Å². The maximum Gasteiger partial charge on any atom is 0.306 e. The number of allylic oxidation sites excluding steroid dienone is 2. The molecule has 0 fully saturated rings. The maximum atomic E-state index is 12.7. The number of unbranched alkanes of at least 4 members (excludes halogenated alkanes) is 36. The highest BCUT2D eigenvalue weighted by molar-refractivity contribution is 5.71. The Kier molecular flexibility index (Phi) is 48.3. The van der Waals surface area contributed by atoms with Crippen LogP contribution in [0.25, 0.3) is 0 Å². The average molecular weight is 847 g/mol. The number of ether oxygens (including phenoxy) is 3. The predicted molar refractivity (Wildman–Crippen MR) is 256 cm³/mol. The molecule has 1 atom stereocenters. The van der Waals surface area contributed by atoms with Gasteiger partial charge in [-0.05, 0) is 44.9 Å². The molecule has 60 heavy (non-hydrogen) atoms. The van der Waals surface area contributed by atoms with Crippen LogP contribution in [0.4, 0.5) is 0 Å². The molecule has 0 aromatic heterocycles. The second-order valence-corrected chi connectivity index (χ2v) is 18.2. The van der Waals surface area contributed by atoms with Crippen LogP contribution < -0.4 is 0 Å². The number of carbonyl (C=O) groups is 3. The van der Waals surface area contributed by atoms with Gasteiger partial charge in [0.2, 0.25) is 0 Å². The van der Waals surface area contributed by atoms with Crippen molar-refractivity contribution in [1.29, 1.82) is 0 Å². The molecule has 0 rings (SSSR count). The maximum absolute atomic E-state index is 12.7. The summed E-state index contributed by atoms with van der Waals surface area (Å²) in [6, 6.07) is 0. The monoisotopic (exact) mass is 847 g/mol. The normalized spacial score (nSPS) is 12.0. The Balaban J connectivity index is 4.03. The van der Waals surface area contributed by atoms with Crippen molar-refractivity contribution >= 4 is 17.9 Å². The van der Waals surface area contributed by atoms with Crippen LogP contribution in [-0.4, -0.2) is 37.2 Å². The fraction of sp³-hybridized carbons (Fsp3) is 0.907. The molecule has 0 bridgehead atoms. The highest BCUT2D eigenvalue weighted by Crippen LogP contribution is 2.17. The number of esters is 3. The third-order valence-corrected chi connectivity index (χ3v) is 12.0. The van der Waals surface area contributed by atoms with Crippen molar-refractivity contribution in [3.05, 3.63) is 12.2 Å². The lowest BCUT2D eigenvalue weighted by molar-refractivity contribution is -0.167. The predicted octanol–water partition coefficient (Wildman–Crippen LogP) is 17.4. The number of carbonyl (C=O) groups excluding carboxylic acids is 3. The highest BCUT2D eigenvalue weighted by atomic mass is 16.6. The molecule has 0 saturated carbocycles. The van der Waals surface area contributed by atoms with Gasteiger partial charge in [-0.15, -0.1) is 0 Å². The quantitative estimate of drug-likeness (QED) is 0.0263. The van der Waals surface area contributed by atoms with Gasteiger partial charge in [-0.1, -0.05) is 245 Å². The van der Waals surface area contributed by atoms with Crippen LogP contribution in [0, 0.1) is 0 Å². The summed E-state index contributed by atoms with van der Waals surface area (Å²) in [6.45, 7) is 6.58. The Morgan fingerprint density at radius 3 is 0.867 bits per heavy atom. The molecule has 0 aliphatic rings. The molecule has 1 unspecified atom stereocenters. The summed E-state index contributed by atoms with van der Waals surface area (Å²) in [5.74, 6) is -0.874. The van der Waals surface area contributed by atoms with Gasteiger partial charge in [0.05, 0.1) is 0 Å². The third-order valence-electron chi connectivity index (χ3n) is 12.0. The van der Waals surface area contributed by atoms with E-state index in [1.54, 1.807) is 0 Å². The summed E-state index contributed by atoms with van der Waals surface area (Å²) in [7, 11) is 0. The van der Waals surface area contributed by atoms with Gasteiger partial charge >= 0.3 is 17.9 Å². The van der Waals surface area contributed by atoms with E-state index in [-0.39, 0.29) is 31.1 Å². The van der Waals surface area contributed by atoms with Crippen LogP contribution in [0.1, 0.15) is 297 Å². The van der Waals surface area contributed by atoms with Crippen molar-refractivity contribution in [2.24, 2.45) is 0 Å². The molecular weight excluding hydrogens is 745 g/mol. The van der Waals surface area contributed by atoms with Crippen LogP contribution in [0.2, 0.25) is 0 Å². The second kappa shape index (κ2) is 49.8. The van der Waals surface area contributed by atoms with Crippen LogP contribution in [-0.2, 0) is 28.6 Å². The molecule has 6 heteroatoms. The topological polar surface area (TPSA) is 78.9 Å². The van der Waals surface area contributed by atoms with E-state index in [4.69, 9.17) is 14.2 Å². The zero-order valence-electron chi connectivity index (χ0n) is 40.5. The molecule has 0 aromatic rings. The van der Waals surface area contributed by atoms with E-state index in [2.05, 4.69) is 32.9 Å². The minimum atomic E-state index is -0.765. The first kappa shape index (κ1) is 58.1. The molecule has 0 aliphatic carbocycles. The summed E-state index contributed by atoms with van der Waals surface area (Å²) < 4.78 is 16.7. The van der Waals surface area contributed by atoms with Gasteiger partial charge in [0.1, 0.15) is 13.2 Å². The van der Waals surface area contributed by atoms with Gasteiger partial charge in [-0.25, -0.2) is 0 Å². The molecule has 0 aliphatic heterocycles. The molecule has 0 spiro atoms. The lowest BCUT2D eigenvalue weighted by atomic mass is 10.0. The Bertz CT molecular complexity index is 931. The average Bonchev–Trinajstić information content (AvgIpc) is 3.24. The SMILES string of the molecule is CCCCC/C=C\CCCCCCCC(=O)OC(COC(=O)CCCCCCCC)COC(=O)CCCCCCCCCCCCCCCCCCCCCCCCCC. The van der Waals surface area contributed by atoms with Crippen molar-refractivity contribution in [3.8, 4) is 0 Å². The fourth-order valence-electron chi connectivity index (χ4n) is 7.97. The van der Waals surface area contributed by atoms with Gasteiger partial charge < -0.3 is 14.2 Å². The number of hydrogen-bond acceptors (Lipinski definition) is 6. The van der Waals surface area contributed by atoms with E-state index in [1.165, 1.54) is 193 Å². The number of rotatable bonds is 49. The Morgan fingerprint density at radius 2 is 0.550 bits per heavy atom. The minimum absolute atomic E-state index is 0.0692. The molecule has 6 nitrogen and oxygen atoms in total. The standard InChI is InChI=1S/C54H102O6/c1-4-7-10-13-16-18-20-22-23-24-25-26-27-28-29-30-31-32-33-35-36-38-41-44-47-53(56)59-50-51(49-58-52(55)46-43-40-15-12-9-6-3)60-54(57)48-45-42-39-37-34-21-19-17-14-11-8-5-2/h17,19,51H,4-16,18,20-50H2,1-3H3/b19-17-. The van der Waals surface area contributed by atoms with E-state index in [0.29, 0.717) is 19.3 Å². The smallest absolute Gasteiger partial charge is 0.306 e. The Labute approximate surface area is 373 Å². The van der Waals surface area contributed by atoms with E-state index in [1.807, 2.05) is 0 Å². The summed E-state index contributed by atoms with van der Waals surface area (Å²) in [6.07, 6.45) is 55.3. The molecule has 0 aromatic carbocycles. The lowest BCUT2D eigenvalue weighted by Gasteiger charge is -2.18. The summed E-state index contributed by atoms with van der Waals surface area (Å²) >= 11 is 0. The van der Waals surface area contributed by atoms with Crippen molar-refractivity contribution in [2.45, 2.75) is 303 Å². The fourth-order valence-corrected chi connectivity index (χ4v) is 7.97. The van der Waals surface area contributed by atoms with E-state index in [9.17, 15) is 14.4 Å². The van der Waals surface area contributed by atoms with Crippen LogP contribution >= 0.6 is 0 Å². The molecule has 0 amide bonds. The summed E-state index contributed by atoms with van der Waals surface area (Å²) in [5.41, 5.74) is 0. The molecule has 0 radical (unpaired) electrons. The zero-order chi connectivity index (χ0) is 43.7. The van der Waals surface area contributed by atoms with Crippen LogP contribution in [0.3, 0.4) is 0 Å². The van der Waals surface area contributed by atoms with Crippen molar-refractivity contribution in [3.63, 3.8) is 0 Å². The highest BCUT2D eigenvalue weighted by Gasteiger charge is 2.19. The summed E-state index contributed by atoms with van der Waals surface area (Å²) in [4.78, 5) is 37.7. The second-order valence-electron chi connectivity index (χ2n) is 18.2. The zero-order valence-corrected chi connectivity index (χ0v) is 40.5. The lowest BCUT2D eigenvalue weighted by Crippen LogP contribution is -2.30. The first-order chi connectivity index (χ1) is 29.5. The Hall–Kier alpha value is -1.85. The first-order valence-electron chi connectivity index (χ1n) is 26.7. The first-order valence-corrected chi connectivity index (χ1v) is 26.7. The van der Waals surface area contributed by atoms with Gasteiger partial charge in [0.15, 0.2) is 6.10 Å². The minimum Gasteiger partial charge on any atom is -0.462 e. The van der Waals surface area contributed by atoms with Gasteiger partial charge in [-0.3, -0.25) is 14.4 Å². The van der Waals surface area contributed by atoms with Crippen LogP contribution in [0.15, 0.2) is 12.2 Å². The van der Waals surface area contributed by atoms with Crippen molar-refractivity contribution in [1.82, 2.24) is 0 Å². The van der Waals surface area contributed by atoms with Gasteiger partial charge in [0, 0.05) is 19.3 Å². The summed E-state index contributed by atoms with van der Waals surface area (Å²) in [5, 5.41) is 0. The molecule has 0 heterocycles. The van der Waals surface area contributed by atoms with E-state index < -0.39 is 6.10 Å². The molecule has 0 saturated heterocycles.